The number of benzene rings is 2. The fraction of sp³-hybridized carbons (Fsp3) is 0.370. The predicted molar refractivity (Wildman–Crippen MR) is 147 cm³/mol. The second-order valence-electron chi connectivity index (χ2n) is 8.95. The Balaban J connectivity index is 1.40. The van der Waals surface area contributed by atoms with Crippen molar-refractivity contribution in [2.45, 2.75) is 39.7 Å². The third-order valence-corrected chi connectivity index (χ3v) is 7.45. The van der Waals surface area contributed by atoms with Crippen molar-refractivity contribution >= 4 is 51.9 Å². The number of nitrogens with one attached hydrogen (secondary N) is 1. The molecule has 7 nitrogen and oxygen atoms in total. The molecule has 2 fully saturated rings. The molecule has 0 aliphatic carbocycles. The second kappa shape index (κ2) is 11.5. The van der Waals surface area contributed by atoms with Crippen LogP contribution in [0.3, 0.4) is 0 Å². The molecule has 2 saturated heterocycles. The lowest BCUT2D eigenvalue weighted by Crippen LogP contribution is -2.35. The highest BCUT2D eigenvalue weighted by molar-refractivity contribution is 8.26. The summed E-state index contributed by atoms with van der Waals surface area (Å²) in [6, 6.07) is 9.38. The van der Waals surface area contributed by atoms with E-state index in [2.05, 4.69) is 5.32 Å². The van der Waals surface area contributed by atoms with Crippen LogP contribution in [0.5, 0.6) is 11.5 Å². The Bertz CT molecular complexity index is 1200. The fourth-order valence-electron chi connectivity index (χ4n) is 4.39. The summed E-state index contributed by atoms with van der Waals surface area (Å²) in [6.45, 7) is 7.02. The summed E-state index contributed by atoms with van der Waals surface area (Å²) in [5.74, 6) is 0.534. The van der Waals surface area contributed by atoms with E-state index in [-0.39, 0.29) is 24.5 Å². The van der Waals surface area contributed by atoms with Crippen LogP contribution in [0.1, 0.15) is 35.1 Å². The van der Waals surface area contributed by atoms with Crippen molar-refractivity contribution in [3.63, 3.8) is 0 Å². The topological polar surface area (TPSA) is 77.1 Å². The first-order valence-corrected chi connectivity index (χ1v) is 13.0. The molecule has 0 radical (unpaired) electrons. The monoisotopic (exact) mass is 526 g/mol. The largest absolute Gasteiger partial charge is 0.493 e. The Morgan fingerprint density at radius 1 is 1.22 bits per heavy atom. The van der Waals surface area contributed by atoms with Crippen molar-refractivity contribution in [2.75, 3.05) is 32.2 Å². The molecule has 2 heterocycles. The first kappa shape index (κ1) is 26.2. The first-order chi connectivity index (χ1) is 17.2. The van der Waals surface area contributed by atoms with Crippen LogP contribution < -0.4 is 14.8 Å². The average molecular weight is 527 g/mol. The van der Waals surface area contributed by atoms with E-state index >= 15 is 0 Å². The van der Waals surface area contributed by atoms with Gasteiger partial charge < -0.3 is 19.5 Å². The molecule has 1 atom stereocenters. The summed E-state index contributed by atoms with van der Waals surface area (Å²) >= 11 is 6.72. The van der Waals surface area contributed by atoms with Crippen LogP contribution in [0.25, 0.3) is 6.08 Å². The molecule has 36 heavy (non-hydrogen) atoms. The summed E-state index contributed by atoms with van der Waals surface area (Å²) in [5.41, 5.74) is 4.72. The van der Waals surface area contributed by atoms with Crippen LogP contribution in [0.15, 0.2) is 35.2 Å². The lowest BCUT2D eigenvalue weighted by Gasteiger charge is -2.18. The SMILES string of the molecule is COc1cc(/C=C2\SC(=S)N(C[C@@H]3CCCO3)C2=O)ccc1OCC(=O)Nc1c(C)cc(C)cc1C. The van der Waals surface area contributed by atoms with Crippen LogP contribution in [-0.4, -0.2) is 54.0 Å². The quantitative estimate of drug-likeness (QED) is 0.382. The molecule has 190 valence electrons. The minimum absolute atomic E-state index is 0.0411. The number of carbonyl (C=O) groups excluding carboxylic acids is 2. The highest BCUT2D eigenvalue weighted by atomic mass is 32.2. The minimum Gasteiger partial charge on any atom is -0.493 e. The van der Waals surface area contributed by atoms with Crippen molar-refractivity contribution in [3.8, 4) is 11.5 Å². The van der Waals surface area contributed by atoms with Gasteiger partial charge in [0.1, 0.15) is 4.32 Å². The Labute approximate surface area is 221 Å². The zero-order valence-electron chi connectivity index (χ0n) is 20.9. The normalized spacial score (nSPS) is 18.7. The zero-order valence-corrected chi connectivity index (χ0v) is 22.5. The van der Waals surface area contributed by atoms with E-state index in [4.69, 9.17) is 26.4 Å². The molecular formula is C27H30N2O5S2. The van der Waals surface area contributed by atoms with Gasteiger partial charge in [-0.2, -0.15) is 0 Å². The molecule has 2 aliphatic rings. The molecule has 4 rings (SSSR count). The highest BCUT2D eigenvalue weighted by Crippen LogP contribution is 2.35. The van der Waals surface area contributed by atoms with E-state index in [1.165, 1.54) is 18.9 Å². The summed E-state index contributed by atoms with van der Waals surface area (Å²) < 4.78 is 17.4. The van der Waals surface area contributed by atoms with Gasteiger partial charge in [-0.1, -0.05) is 47.7 Å². The Kier molecular flexibility index (Phi) is 8.33. The highest BCUT2D eigenvalue weighted by Gasteiger charge is 2.34. The van der Waals surface area contributed by atoms with Gasteiger partial charge in [-0.15, -0.1) is 0 Å². The van der Waals surface area contributed by atoms with Gasteiger partial charge in [0.15, 0.2) is 18.1 Å². The van der Waals surface area contributed by atoms with E-state index in [0.29, 0.717) is 27.3 Å². The Morgan fingerprint density at radius 2 is 1.97 bits per heavy atom. The first-order valence-electron chi connectivity index (χ1n) is 11.8. The third kappa shape index (κ3) is 6.08. The molecule has 2 amide bonds. The maximum atomic E-state index is 12.9. The molecule has 1 N–H and O–H groups in total. The van der Waals surface area contributed by atoms with Crippen LogP contribution in [0.2, 0.25) is 0 Å². The number of carbonyl (C=O) groups is 2. The summed E-state index contributed by atoms with van der Waals surface area (Å²) in [6.07, 6.45) is 3.78. The molecule has 2 aliphatic heterocycles. The maximum Gasteiger partial charge on any atom is 0.266 e. The molecule has 9 heteroatoms. The molecular weight excluding hydrogens is 496 g/mol. The Hall–Kier alpha value is -2.88. The fourth-order valence-corrected chi connectivity index (χ4v) is 5.66. The number of thiocarbonyl (C=S) groups is 1. The summed E-state index contributed by atoms with van der Waals surface area (Å²) in [7, 11) is 1.53. The van der Waals surface area contributed by atoms with Crippen LogP contribution in [0.4, 0.5) is 5.69 Å². The summed E-state index contributed by atoms with van der Waals surface area (Å²) in [5, 5.41) is 2.93. The van der Waals surface area contributed by atoms with E-state index in [9.17, 15) is 9.59 Å². The standard InChI is InChI=1S/C27H30N2O5S2/c1-16-10-17(2)25(18(3)11-16)28-24(30)15-34-21-8-7-19(12-22(21)32-4)13-23-26(31)29(27(35)36-23)14-20-6-5-9-33-20/h7-8,10-13,20H,5-6,9,14-15H2,1-4H3,(H,28,30)/b23-13-/t20-/m0/s1. The lowest BCUT2D eigenvalue weighted by atomic mass is 10.1. The number of amides is 2. The minimum atomic E-state index is -0.258. The van der Waals surface area contributed by atoms with E-state index in [1.54, 1.807) is 23.1 Å². The van der Waals surface area contributed by atoms with Crippen molar-refractivity contribution in [3.05, 3.63) is 57.5 Å². The number of ether oxygens (including phenoxy) is 3. The van der Waals surface area contributed by atoms with Crippen LogP contribution in [0, 0.1) is 20.8 Å². The number of methoxy groups -OCH3 is 1. The number of nitrogens with zero attached hydrogens (tertiary/aromatic N) is 1. The van der Waals surface area contributed by atoms with Gasteiger partial charge in [-0.3, -0.25) is 14.5 Å². The van der Waals surface area contributed by atoms with Gasteiger partial charge >= 0.3 is 0 Å². The average Bonchev–Trinajstić information content (AvgIpc) is 3.44. The van der Waals surface area contributed by atoms with Gasteiger partial charge in [0.25, 0.3) is 11.8 Å². The Morgan fingerprint density at radius 3 is 2.64 bits per heavy atom. The van der Waals surface area contributed by atoms with Crippen molar-refractivity contribution in [2.24, 2.45) is 0 Å². The third-order valence-electron chi connectivity index (χ3n) is 6.07. The molecule has 0 bridgehead atoms. The molecule has 0 saturated carbocycles. The van der Waals surface area contributed by atoms with Crippen LogP contribution >= 0.6 is 24.0 Å². The molecule has 0 aromatic heterocycles. The number of rotatable bonds is 8. The van der Waals surface area contributed by atoms with E-state index in [1.807, 2.05) is 39.0 Å². The predicted octanol–water partition coefficient (Wildman–Crippen LogP) is 5.02. The van der Waals surface area contributed by atoms with Gasteiger partial charge in [0.05, 0.1) is 24.7 Å². The van der Waals surface area contributed by atoms with Gasteiger partial charge in [0, 0.05) is 12.3 Å². The number of thioether (sulfide) groups is 1. The van der Waals surface area contributed by atoms with E-state index in [0.717, 1.165) is 47.4 Å². The maximum absolute atomic E-state index is 12.9. The van der Waals surface area contributed by atoms with Gasteiger partial charge in [-0.25, -0.2) is 0 Å². The zero-order chi connectivity index (χ0) is 25.8. The van der Waals surface area contributed by atoms with Crippen LogP contribution in [-0.2, 0) is 14.3 Å². The number of hydrogen-bond acceptors (Lipinski definition) is 7. The molecule has 0 spiro atoms. The van der Waals surface area contributed by atoms with Gasteiger partial charge in [-0.05, 0) is 68.5 Å². The summed E-state index contributed by atoms with van der Waals surface area (Å²) in [4.78, 5) is 27.6. The van der Waals surface area contributed by atoms with Crippen molar-refractivity contribution < 1.29 is 23.8 Å². The molecule has 0 unspecified atom stereocenters. The van der Waals surface area contributed by atoms with E-state index < -0.39 is 0 Å². The lowest BCUT2D eigenvalue weighted by molar-refractivity contribution is -0.123. The number of hydrogen-bond donors (Lipinski definition) is 1. The molecule has 2 aromatic carbocycles. The smallest absolute Gasteiger partial charge is 0.266 e. The van der Waals surface area contributed by atoms with Crippen molar-refractivity contribution in [1.82, 2.24) is 4.90 Å². The van der Waals surface area contributed by atoms with Gasteiger partial charge in [0.2, 0.25) is 0 Å². The number of aryl methyl sites for hydroxylation is 3. The second-order valence-corrected chi connectivity index (χ2v) is 10.6. The van der Waals surface area contributed by atoms with Crippen molar-refractivity contribution in [1.29, 1.82) is 0 Å². The number of anilines is 1. The molecule has 2 aromatic rings.